The number of hydrogen-bond acceptors (Lipinski definition) is 3. The van der Waals surface area contributed by atoms with E-state index in [-0.39, 0.29) is 5.69 Å². The van der Waals surface area contributed by atoms with Crippen LogP contribution in [0.1, 0.15) is 10.5 Å². The number of nitrogens with zero attached hydrogens (tertiary/aromatic N) is 2. The second kappa shape index (κ2) is 7.09. The number of carbonyl (C=O) groups is 1. The SMILES string of the molecule is CN(c1ccccc1)c1ccc(C(=O)Nc2c(F)cccc2F)nc1. The Morgan fingerprint density at radius 2 is 1.60 bits per heavy atom. The summed E-state index contributed by atoms with van der Waals surface area (Å²) >= 11 is 0. The molecule has 126 valence electrons. The third kappa shape index (κ3) is 3.63. The van der Waals surface area contributed by atoms with Crippen LogP contribution >= 0.6 is 0 Å². The molecule has 1 amide bonds. The van der Waals surface area contributed by atoms with Crippen LogP contribution in [0.2, 0.25) is 0 Å². The predicted octanol–water partition coefficient (Wildman–Crippen LogP) is 4.38. The van der Waals surface area contributed by atoms with E-state index in [0.717, 1.165) is 23.5 Å². The molecule has 2 aromatic carbocycles. The fourth-order valence-electron chi connectivity index (χ4n) is 2.31. The van der Waals surface area contributed by atoms with Gasteiger partial charge in [0.05, 0.1) is 11.9 Å². The van der Waals surface area contributed by atoms with E-state index in [1.807, 2.05) is 42.3 Å². The van der Waals surface area contributed by atoms with Crippen molar-refractivity contribution in [2.45, 2.75) is 0 Å². The summed E-state index contributed by atoms with van der Waals surface area (Å²) in [6.07, 6.45) is 1.53. The molecule has 0 unspecified atom stereocenters. The number of hydrogen-bond donors (Lipinski definition) is 1. The van der Waals surface area contributed by atoms with Gasteiger partial charge in [-0.05, 0) is 36.4 Å². The minimum atomic E-state index is -0.839. The largest absolute Gasteiger partial charge is 0.343 e. The van der Waals surface area contributed by atoms with Crippen LogP contribution in [0.5, 0.6) is 0 Å². The maximum atomic E-state index is 13.6. The zero-order valence-corrected chi connectivity index (χ0v) is 13.4. The molecule has 0 saturated heterocycles. The van der Waals surface area contributed by atoms with Gasteiger partial charge >= 0.3 is 0 Å². The summed E-state index contributed by atoms with van der Waals surface area (Å²) in [6, 6.07) is 16.2. The Hall–Kier alpha value is -3.28. The fourth-order valence-corrected chi connectivity index (χ4v) is 2.31. The van der Waals surface area contributed by atoms with Crippen molar-refractivity contribution >= 4 is 23.0 Å². The van der Waals surface area contributed by atoms with Gasteiger partial charge in [-0.3, -0.25) is 4.79 Å². The molecule has 1 N–H and O–H groups in total. The number of amides is 1. The quantitative estimate of drug-likeness (QED) is 0.767. The standard InChI is InChI=1S/C19H15F2N3O/c1-24(13-6-3-2-4-7-13)14-10-11-17(22-12-14)19(25)23-18-15(20)8-5-9-16(18)21/h2-12H,1H3,(H,23,25). The third-order valence-electron chi connectivity index (χ3n) is 3.71. The Kier molecular flexibility index (Phi) is 4.70. The molecule has 25 heavy (non-hydrogen) atoms. The zero-order chi connectivity index (χ0) is 17.8. The van der Waals surface area contributed by atoms with Crippen molar-refractivity contribution < 1.29 is 13.6 Å². The number of pyridine rings is 1. The lowest BCUT2D eigenvalue weighted by Gasteiger charge is -2.19. The number of benzene rings is 2. The van der Waals surface area contributed by atoms with Gasteiger partial charge < -0.3 is 10.2 Å². The van der Waals surface area contributed by atoms with Crippen molar-refractivity contribution in [3.63, 3.8) is 0 Å². The molecule has 0 aliphatic carbocycles. The Labute approximate surface area is 143 Å². The number of para-hydroxylation sites is 2. The van der Waals surface area contributed by atoms with E-state index in [9.17, 15) is 13.6 Å². The van der Waals surface area contributed by atoms with E-state index >= 15 is 0 Å². The van der Waals surface area contributed by atoms with Crippen LogP contribution in [-0.4, -0.2) is 17.9 Å². The minimum absolute atomic E-state index is 0.0628. The van der Waals surface area contributed by atoms with E-state index < -0.39 is 23.2 Å². The van der Waals surface area contributed by atoms with Gasteiger partial charge in [0, 0.05) is 12.7 Å². The van der Waals surface area contributed by atoms with Crippen molar-refractivity contribution in [1.29, 1.82) is 0 Å². The smallest absolute Gasteiger partial charge is 0.274 e. The zero-order valence-electron chi connectivity index (χ0n) is 13.4. The second-order valence-corrected chi connectivity index (χ2v) is 5.35. The lowest BCUT2D eigenvalue weighted by atomic mass is 10.2. The van der Waals surface area contributed by atoms with Gasteiger partial charge in [-0.25, -0.2) is 13.8 Å². The van der Waals surface area contributed by atoms with Gasteiger partial charge in [0.15, 0.2) is 0 Å². The van der Waals surface area contributed by atoms with E-state index in [2.05, 4.69) is 10.3 Å². The number of aromatic nitrogens is 1. The summed E-state index contributed by atoms with van der Waals surface area (Å²) in [6.45, 7) is 0. The average Bonchev–Trinajstić information content (AvgIpc) is 2.65. The van der Waals surface area contributed by atoms with E-state index in [1.54, 1.807) is 6.07 Å². The van der Waals surface area contributed by atoms with Crippen LogP contribution in [0.25, 0.3) is 0 Å². The topological polar surface area (TPSA) is 45.2 Å². The summed E-state index contributed by atoms with van der Waals surface area (Å²) in [4.78, 5) is 18.1. The van der Waals surface area contributed by atoms with E-state index in [0.29, 0.717) is 0 Å². The molecule has 3 rings (SSSR count). The molecule has 0 aliphatic rings. The Morgan fingerprint density at radius 3 is 2.20 bits per heavy atom. The van der Waals surface area contributed by atoms with Gasteiger partial charge in [0.1, 0.15) is 23.0 Å². The van der Waals surface area contributed by atoms with Crippen LogP contribution in [0.4, 0.5) is 25.8 Å². The minimum Gasteiger partial charge on any atom is -0.343 e. The number of nitrogens with one attached hydrogen (secondary N) is 1. The molecule has 0 fully saturated rings. The molecule has 1 aromatic heterocycles. The molecular weight excluding hydrogens is 324 g/mol. The molecule has 3 aromatic rings. The first-order valence-electron chi connectivity index (χ1n) is 7.56. The van der Waals surface area contributed by atoms with Crippen molar-refractivity contribution in [1.82, 2.24) is 4.98 Å². The molecule has 0 atom stereocenters. The third-order valence-corrected chi connectivity index (χ3v) is 3.71. The van der Waals surface area contributed by atoms with Crippen LogP contribution < -0.4 is 10.2 Å². The monoisotopic (exact) mass is 339 g/mol. The number of halogens is 2. The van der Waals surface area contributed by atoms with Crippen LogP contribution in [0.15, 0.2) is 66.9 Å². The molecule has 0 spiro atoms. The van der Waals surface area contributed by atoms with Crippen LogP contribution in [0, 0.1) is 11.6 Å². The molecule has 4 nitrogen and oxygen atoms in total. The summed E-state index contributed by atoms with van der Waals surface area (Å²) in [7, 11) is 1.88. The molecule has 0 bridgehead atoms. The summed E-state index contributed by atoms with van der Waals surface area (Å²) in [5.41, 5.74) is 1.32. The summed E-state index contributed by atoms with van der Waals surface area (Å²) in [5, 5.41) is 2.21. The highest BCUT2D eigenvalue weighted by atomic mass is 19.1. The van der Waals surface area contributed by atoms with E-state index in [1.165, 1.54) is 18.3 Å². The highest BCUT2D eigenvalue weighted by Crippen LogP contribution is 2.23. The Balaban J connectivity index is 1.77. The predicted molar refractivity (Wildman–Crippen MR) is 93.1 cm³/mol. The molecule has 0 aliphatic heterocycles. The highest BCUT2D eigenvalue weighted by Gasteiger charge is 2.14. The van der Waals surface area contributed by atoms with Crippen molar-refractivity contribution in [2.24, 2.45) is 0 Å². The van der Waals surface area contributed by atoms with Crippen molar-refractivity contribution in [2.75, 3.05) is 17.3 Å². The molecular formula is C19H15F2N3O. The highest BCUT2D eigenvalue weighted by molar-refractivity contribution is 6.03. The van der Waals surface area contributed by atoms with Gasteiger partial charge in [0.25, 0.3) is 5.91 Å². The van der Waals surface area contributed by atoms with Gasteiger partial charge in [-0.2, -0.15) is 0 Å². The molecule has 0 radical (unpaired) electrons. The van der Waals surface area contributed by atoms with Crippen molar-refractivity contribution in [3.8, 4) is 0 Å². The molecule has 0 saturated carbocycles. The first-order chi connectivity index (χ1) is 12.1. The second-order valence-electron chi connectivity index (χ2n) is 5.35. The Morgan fingerprint density at radius 1 is 0.920 bits per heavy atom. The van der Waals surface area contributed by atoms with Crippen LogP contribution in [-0.2, 0) is 0 Å². The maximum Gasteiger partial charge on any atom is 0.274 e. The van der Waals surface area contributed by atoms with Gasteiger partial charge in [-0.1, -0.05) is 24.3 Å². The lowest BCUT2D eigenvalue weighted by molar-refractivity contribution is 0.102. The summed E-state index contributed by atoms with van der Waals surface area (Å²) in [5.74, 6) is -2.36. The first-order valence-corrected chi connectivity index (χ1v) is 7.56. The van der Waals surface area contributed by atoms with Crippen LogP contribution in [0.3, 0.4) is 0 Å². The number of carbonyl (C=O) groups excluding carboxylic acids is 1. The normalized spacial score (nSPS) is 10.4. The summed E-state index contributed by atoms with van der Waals surface area (Å²) < 4.78 is 27.2. The molecule has 1 heterocycles. The van der Waals surface area contributed by atoms with Gasteiger partial charge in [0.2, 0.25) is 0 Å². The molecule has 6 heteroatoms. The maximum absolute atomic E-state index is 13.6. The fraction of sp³-hybridized carbons (Fsp3) is 0.0526. The first kappa shape index (κ1) is 16.6. The van der Waals surface area contributed by atoms with Gasteiger partial charge in [-0.15, -0.1) is 0 Å². The lowest BCUT2D eigenvalue weighted by Crippen LogP contribution is -2.16. The number of rotatable bonds is 4. The van der Waals surface area contributed by atoms with E-state index in [4.69, 9.17) is 0 Å². The Bertz CT molecular complexity index is 863. The van der Waals surface area contributed by atoms with Crippen molar-refractivity contribution in [3.05, 3.63) is 84.2 Å². The average molecular weight is 339 g/mol. The number of anilines is 3.